The Bertz CT molecular complexity index is 775. The van der Waals surface area contributed by atoms with Gasteiger partial charge in [0.05, 0.1) is 7.11 Å². The lowest BCUT2D eigenvalue weighted by molar-refractivity contribution is -0.132. The first-order valence-electron chi connectivity index (χ1n) is 9.93. The second-order valence-corrected chi connectivity index (χ2v) is 7.67. The normalized spacial score (nSPS) is 24.7. The molecule has 3 N–H and O–H groups in total. The van der Waals surface area contributed by atoms with Crippen LogP contribution in [0.4, 0.5) is 0 Å². The first kappa shape index (κ1) is 18.9. The van der Waals surface area contributed by atoms with Crippen LogP contribution in [0.15, 0.2) is 54.6 Å². The summed E-state index contributed by atoms with van der Waals surface area (Å²) in [5.74, 6) is 1.17. The molecule has 0 aliphatic carbocycles. The van der Waals surface area contributed by atoms with Gasteiger partial charge in [-0.05, 0) is 42.5 Å². The molecule has 2 aromatic carbocycles. The summed E-state index contributed by atoms with van der Waals surface area (Å²) >= 11 is 0. The number of hydrogen-bond acceptors (Lipinski definition) is 5. The van der Waals surface area contributed by atoms with Crippen molar-refractivity contribution in [3.05, 3.63) is 65.7 Å². The zero-order valence-electron chi connectivity index (χ0n) is 16.2. The molecule has 148 valence electrons. The number of carbonyl (C=O) groups is 1. The van der Waals surface area contributed by atoms with E-state index in [9.17, 15) is 4.79 Å². The Kier molecular flexibility index (Phi) is 5.90. The highest BCUT2D eigenvalue weighted by molar-refractivity contribution is 5.81. The molecule has 6 nitrogen and oxygen atoms in total. The van der Waals surface area contributed by atoms with E-state index in [0.717, 1.165) is 37.1 Å². The van der Waals surface area contributed by atoms with Crippen LogP contribution < -0.4 is 21.1 Å². The molecule has 2 aromatic rings. The number of amides is 1. The van der Waals surface area contributed by atoms with E-state index in [1.165, 1.54) is 5.56 Å². The van der Waals surface area contributed by atoms with Gasteiger partial charge in [-0.2, -0.15) is 5.53 Å². The number of ether oxygens (including phenoxy) is 1. The molecule has 2 saturated heterocycles. The van der Waals surface area contributed by atoms with Crippen LogP contribution in [0.25, 0.3) is 0 Å². The molecule has 28 heavy (non-hydrogen) atoms. The van der Waals surface area contributed by atoms with Crippen molar-refractivity contribution in [3.8, 4) is 5.75 Å². The van der Waals surface area contributed by atoms with Crippen molar-refractivity contribution in [2.24, 2.45) is 5.92 Å². The highest BCUT2D eigenvalue weighted by atomic mass is 16.5. The average Bonchev–Trinajstić information content (AvgIpc) is 3.34. The summed E-state index contributed by atoms with van der Waals surface area (Å²) in [6.07, 6.45) is 2.65. The van der Waals surface area contributed by atoms with Crippen LogP contribution in [0.3, 0.4) is 0 Å². The van der Waals surface area contributed by atoms with Gasteiger partial charge in [-0.15, -0.1) is 0 Å². The Balaban J connectivity index is 1.50. The third kappa shape index (κ3) is 4.35. The summed E-state index contributed by atoms with van der Waals surface area (Å²) in [7, 11) is 1.67. The molecule has 2 fully saturated rings. The van der Waals surface area contributed by atoms with Crippen LogP contribution in [0.1, 0.15) is 24.0 Å². The molecular weight excluding hydrogens is 352 g/mol. The van der Waals surface area contributed by atoms with Gasteiger partial charge in [-0.25, -0.2) is 10.9 Å². The van der Waals surface area contributed by atoms with E-state index in [2.05, 4.69) is 45.6 Å². The Morgan fingerprint density at radius 3 is 2.54 bits per heavy atom. The van der Waals surface area contributed by atoms with Gasteiger partial charge in [0.25, 0.3) is 0 Å². The van der Waals surface area contributed by atoms with Crippen molar-refractivity contribution in [2.45, 2.75) is 37.9 Å². The van der Waals surface area contributed by atoms with Crippen molar-refractivity contribution in [1.29, 1.82) is 0 Å². The molecule has 2 heterocycles. The van der Waals surface area contributed by atoms with Gasteiger partial charge in [-0.3, -0.25) is 4.79 Å². The number of rotatable bonds is 7. The highest BCUT2D eigenvalue weighted by Gasteiger charge is 2.40. The quantitative estimate of drug-likeness (QED) is 0.686. The van der Waals surface area contributed by atoms with E-state index in [-0.39, 0.29) is 23.9 Å². The maximum absolute atomic E-state index is 13.3. The van der Waals surface area contributed by atoms with Crippen LogP contribution in [-0.4, -0.2) is 36.5 Å². The molecular formula is C22H28N4O2. The molecule has 6 heteroatoms. The van der Waals surface area contributed by atoms with Gasteiger partial charge in [0.15, 0.2) is 0 Å². The molecule has 2 aliphatic heterocycles. The molecule has 0 radical (unpaired) electrons. The molecule has 1 amide bonds. The van der Waals surface area contributed by atoms with E-state index in [1.54, 1.807) is 7.11 Å². The van der Waals surface area contributed by atoms with Crippen LogP contribution in [-0.2, 0) is 17.8 Å². The smallest absolute Gasteiger partial charge is 0.226 e. The third-order valence-electron chi connectivity index (χ3n) is 5.74. The molecule has 3 atom stereocenters. The van der Waals surface area contributed by atoms with Gasteiger partial charge in [0.2, 0.25) is 5.91 Å². The number of benzene rings is 2. The minimum absolute atomic E-state index is 0.0613. The van der Waals surface area contributed by atoms with Crippen LogP contribution >= 0.6 is 0 Å². The Labute approximate surface area is 166 Å². The van der Waals surface area contributed by atoms with E-state index in [1.807, 2.05) is 30.3 Å². The number of carbonyl (C=O) groups excluding carboxylic acids is 1. The van der Waals surface area contributed by atoms with E-state index < -0.39 is 0 Å². The van der Waals surface area contributed by atoms with Crippen molar-refractivity contribution in [1.82, 2.24) is 21.3 Å². The number of hydrogen-bond donors (Lipinski definition) is 3. The molecule has 0 bridgehead atoms. The Hall–Kier alpha value is -2.41. The van der Waals surface area contributed by atoms with Crippen LogP contribution in [0.2, 0.25) is 0 Å². The summed E-state index contributed by atoms with van der Waals surface area (Å²) in [6.45, 7) is 1.48. The monoisotopic (exact) mass is 380 g/mol. The van der Waals surface area contributed by atoms with Crippen LogP contribution in [0, 0.1) is 5.92 Å². The summed E-state index contributed by atoms with van der Waals surface area (Å²) in [4.78, 5) is 15.3. The maximum atomic E-state index is 13.3. The number of nitrogens with one attached hydrogen (secondary N) is 3. The molecule has 0 saturated carbocycles. The molecule has 0 spiro atoms. The molecule has 2 unspecified atom stereocenters. The average molecular weight is 380 g/mol. The van der Waals surface area contributed by atoms with E-state index in [0.29, 0.717) is 6.54 Å². The Morgan fingerprint density at radius 2 is 1.86 bits per heavy atom. The minimum Gasteiger partial charge on any atom is -0.497 e. The van der Waals surface area contributed by atoms with Crippen molar-refractivity contribution >= 4 is 5.91 Å². The summed E-state index contributed by atoms with van der Waals surface area (Å²) in [5.41, 5.74) is 11.6. The largest absolute Gasteiger partial charge is 0.497 e. The predicted molar refractivity (Wildman–Crippen MR) is 108 cm³/mol. The maximum Gasteiger partial charge on any atom is 0.226 e. The fourth-order valence-electron chi connectivity index (χ4n) is 4.25. The minimum atomic E-state index is 0.0613. The highest BCUT2D eigenvalue weighted by Crippen LogP contribution is 2.32. The lowest BCUT2D eigenvalue weighted by atomic mass is 9.94. The number of methoxy groups -OCH3 is 1. The SMILES string of the molecule is COc1ccc(CN2C(=O)C(CC3CNNN3)C[C@@H]2Cc2ccccc2)cc1. The summed E-state index contributed by atoms with van der Waals surface area (Å²) in [6, 6.07) is 19.0. The fraction of sp³-hybridized carbons (Fsp3) is 0.409. The summed E-state index contributed by atoms with van der Waals surface area (Å²) in [5, 5.41) is 0. The molecule has 0 aromatic heterocycles. The first-order chi connectivity index (χ1) is 13.7. The van der Waals surface area contributed by atoms with Crippen molar-refractivity contribution < 1.29 is 9.53 Å². The van der Waals surface area contributed by atoms with Gasteiger partial charge in [0, 0.05) is 31.1 Å². The first-order valence-corrected chi connectivity index (χ1v) is 9.93. The van der Waals surface area contributed by atoms with Gasteiger partial charge in [0.1, 0.15) is 5.75 Å². The van der Waals surface area contributed by atoms with Crippen LogP contribution in [0.5, 0.6) is 5.75 Å². The number of nitrogens with zero attached hydrogens (tertiary/aromatic N) is 1. The lowest BCUT2D eigenvalue weighted by Crippen LogP contribution is -2.36. The summed E-state index contributed by atoms with van der Waals surface area (Å²) < 4.78 is 5.25. The number of hydrazine groups is 2. The zero-order valence-corrected chi connectivity index (χ0v) is 16.2. The number of likely N-dealkylation sites (tertiary alicyclic amines) is 1. The topological polar surface area (TPSA) is 65.6 Å². The van der Waals surface area contributed by atoms with Gasteiger partial charge >= 0.3 is 0 Å². The third-order valence-corrected chi connectivity index (χ3v) is 5.74. The van der Waals surface area contributed by atoms with Crippen molar-refractivity contribution in [3.63, 3.8) is 0 Å². The zero-order chi connectivity index (χ0) is 19.3. The van der Waals surface area contributed by atoms with E-state index >= 15 is 0 Å². The molecule has 4 rings (SSSR count). The van der Waals surface area contributed by atoms with E-state index in [4.69, 9.17) is 4.74 Å². The second kappa shape index (κ2) is 8.73. The standard InChI is InChI=1S/C22H28N4O2/c1-28-21-9-7-17(8-10-21)15-26-20(11-16-5-3-2-4-6-16)13-18(22(26)27)12-19-14-23-25-24-19/h2-10,18-20,23-25H,11-15H2,1H3/t18?,19?,20-/m0/s1. The van der Waals surface area contributed by atoms with Gasteiger partial charge < -0.3 is 9.64 Å². The second-order valence-electron chi connectivity index (χ2n) is 7.67. The van der Waals surface area contributed by atoms with Crippen molar-refractivity contribution in [2.75, 3.05) is 13.7 Å². The lowest BCUT2D eigenvalue weighted by Gasteiger charge is -2.25. The predicted octanol–water partition coefficient (Wildman–Crippen LogP) is 2.03. The molecule has 2 aliphatic rings. The Morgan fingerprint density at radius 1 is 1.07 bits per heavy atom. The fourth-order valence-corrected chi connectivity index (χ4v) is 4.25. The van der Waals surface area contributed by atoms with Gasteiger partial charge in [-0.1, -0.05) is 42.5 Å².